The van der Waals surface area contributed by atoms with Crippen molar-refractivity contribution in [2.45, 2.75) is 24.5 Å². The molecule has 1 aliphatic heterocycles. The van der Waals surface area contributed by atoms with Gasteiger partial charge in [0.25, 0.3) is 0 Å². The van der Waals surface area contributed by atoms with Crippen LogP contribution in [0.25, 0.3) is 11.0 Å². The number of nitrogens with zero attached hydrogens (tertiary/aromatic N) is 2. The van der Waals surface area contributed by atoms with Crippen molar-refractivity contribution in [1.29, 1.82) is 0 Å². The predicted molar refractivity (Wildman–Crippen MR) is 108 cm³/mol. The molecule has 0 spiro atoms. The molecular formula is C19H17ClN4O2S. The second-order valence-electron chi connectivity index (χ2n) is 6.37. The van der Waals surface area contributed by atoms with E-state index in [0.717, 1.165) is 16.7 Å². The highest BCUT2D eigenvalue weighted by Gasteiger charge is 2.29. The van der Waals surface area contributed by atoms with Crippen LogP contribution < -0.4 is 10.2 Å². The molecule has 8 heteroatoms. The zero-order chi connectivity index (χ0) is 19.0. The third kappa shape index (κ3) is 3.65. The summed E-state index contributed by atoms with van der Waals surface area (Å²) >= 11 is 7.33. The number of anilines is 2. The minimum Gasteiger partial charge on any atom is -0.333 e. The van der Waals surface area contributed by atoms with Gasteiger partial charge in [-0.2, -0.15) is 0 Å². The summed E-state index contributed by atoms with van der Waals surface area (Å²) in [5.74, 6) is 0.0439. The molecule has 138 valence electrons. The second-order valence-corrected chi connectivity index (χ2v) is 7.77. The topological polar surface area (TPSA) is 78.1 Å². The van der Waals surface area contributed by atoms with E-state index in [0.29, 0.717) is 15.9 Å². The molecule has 27 heavy (non-hydrogen) atoms. The molecule has 2 N–H and O–H groups in total. The summed E-state index contributed by atoms with van der Waals surface area (Å²) in [4.78, 5) is 34.4. The third-order valence-corrected chi connectivity index (χ3v) is 5.48. The van der Waals surface area contributed by atoms with Crippen molar-refractivity contribution in [3.63, 3.8) is 0 Å². The molecule has 0 saturated heterocycles. The zero-order valence-electron chi connectivity index (χ0n) is 14.5. The molecule has 1 aromatic heterocycles. The van der Waals surface area contributed by atoms with Crippen molar-refractivity contribution in [3.05, 3.63) is 47.5 Å². The van der Waals surface area contributed by atoms with Crippen LogP contribution in [0.5, 0.6) is 0 Å². The lowest BCUT2D eigenvalue weighted by molar-refractivity contribution is -0.117. The summed E-state index contributed by atoms with van der Waals surface area (Å²) in [6, 6.07) is 12.6. The normalized spacial score (nSPS) is 16.7. The maximum atomic E-state index is 13.0. The molecular weight excluding hydrogens is 384 g/mol. The molecule has 2 aromatic carbocycles. The number of nitrogens with one attached hydrogen (secondary N) is 2. The van der Waals surface area contributed by atoms with Crippen LogP contribution in [0.4, 0.5) is 11.4 Å². The average Bonchev–Trinajstić information content (AvgIpc) is 2.97. The Kier molecular flexibility index (Phi) is 4.80. The number of carbonyl (C=O) groups is 2. The van der Waals surface area contributed by atoms with E-state index in [1.54, 1.807) is 17.0 Å². The third-order valence-electron chi connectivity index (χ3n) is 4.38. The van der Waals surface area contributed by atoms with Gasteiger partial charge in [-0.15, -0.1) is 0 Å². The minimum atomic E-state index is -0.226. The Hall–Kier alpha value is -2.51. The van der Waals surface area contributed by atoms with E-state index in [-0.39, 0.29) is 30.0 Å². The van der Waals surface area contributed by atoms with Gasteiger partial charge in [-0.3, -0.25) is 9.59 Å². The van der Waals surface area contributed by atoms with Gasteiger partial charge in [-0.25, -0.2) is 4.98 Å². The average molecular weight is 401 g/mol. The fraction of sp³-hybridized carbons (Fsp3) is 0.211. The number of aromatic amines is 1. The standard InChI is InChI=1S/C19H17ClN4O2S/c1-11-8-17(25)21-14-4-2-3-5-16(14)24(11)18(26)10-27-19-22-13-7-6-12(20)9-15(13)23-19/h2-7,9,11H,8,10H2,1H3,(H,21,25)(H,22,23). The van der Waals surface area contributed by atoms with E-state index in [4.69, 9.17) is 11.6 Å². The van der Waals surface area contributed by atoms with E-state index in [1.165, 1.54) is 11.8 Å². The number of halogens is 1. The van der Waals surface area contributed by atoms with Gasteiger partial charge in [0.05, 0.1) is 28.2 Å². The molecule has 1 atom stereocenters. The fourth-order valence-electron chi connectivity index (χ4n) is 3.19. The Labute approximate surface area is 165 Å². The second kappa shape index (κ2) is 7.25. The van der Waals surface area contributed by atoms with Gasteiger partial charge in [-0.05, 0) is 37.3 Å². The van der Waals surface area contributed by atoms with Crippen LogP contribution in [0.15, 0.2) is 47.6 Å². The number of imidazole rings is 1. The summed E-state index contributed by atoms with van der Waals surface area (Å²) in [6.45, 7) is 1.88. The highest BCUT2D eigenvalue weighted by Crippen LogP contribution is 2.32. The van der Waals surface area contributed by atoms with Crippen molar-refractivity contribution in [2.75, 3.05) is 16.0 Å². The smallest absolute Gasteiger partial charge is 0.237 e. The van der Waals surface area contributed by atoms with Gasteiger partial charge in [0.1, 0.15) is 0 Å². The molecule has 0 fully saturated rings. The monoisotopic (exact) mass is 400 g/mol. The van der Waals surface area contributed by atoms with Crippen LogP contribution in [-0.2, 0) is 9.59 Å². The first-order chi connectivity index (χ1) is 13.0. The molecule has 0 bridgehead atoms. The van der Waals surface area contributed by atoms with Gasteiger partial charge in [0.15, 0.2) is 5.16 Å². The quantitative estimate of drug-likeness (QED) is 0.649. The number of hydrogen-bond donors (Lipinski definition) is 2. The van der Waals surface area contributed by atoms with Crippen molar-refractivity contribution in [2.24, 2.45) is 0 Å². The Morgan fingerprint density at radius 2 is 2.15 bits per heavy atom. The van der Waals surface area contributed by atoms with E-state index in [1.807, 2.05) is 37.3 Å². The lowest BCUT2D eigenvalue weighted by atomic mass is 10.2. The number of thioether (sulfide) groups is 1. The summed E-state index contributed by atoms with van der Waals surface area (Å²) in [5, 5.41) is 4.15. The number of aromatic nitrogens is 2. The highest BCUT2D eigenvalue weighted by atomic mass is 35.5. The number of rotatable bonds is 3. The number of benzene rings is 2. The molecule has 1 aliphatic rings. The number of carbonyl (C=O) groups excluding carboxylic acids is 2. The predicted octanol–water partition coefficient (Wildman–Crippen LogP) is 4.07. The van der Waals surface area contributed by atoms with Gasteiger partial charge in [0, 0.05) is 17.5 Å². The van der Waals surface area contributed by atoms with E-state index < -0.39 is 0 Å². The van der Waals surface area contributed by atoms with Crippen molar-refractivity contribution in [3.8, 4) is 0 Å². The van der Waals surface area contributed by atoms with Gasteiger partial charge in [-0.1, -0.05) is 35.5 Å². The maximum Gasteiger partial charge on any atom is 0.237 e. The van der Waals surface area contributed by atoms with Crippen LogP contribution in [0.3, 0.4) is 0 Å². The van der Waals surface area contributed by atoms with Gasteiger partial charge >= 0.3 is 0 Å². The van der Waals surface area contributed by atoms with Gasteiger partial charge in [0.2, 0.25) is 11.8 Å². The molecule has 2 heterocycles. The first-order valence-electron chi connectivity index (χ1n) is 8.50. The van der Waals surface area contributed by atoms with Crippen LogP contribution in [0.1, 0.15) is 13.3 Å². The summed E-state index contributed by atoms with van der Waals surface area (Å²) < 4.78 is 0. The molecule has 0 aliphatic carbocycles. The molecule has 0 saturated carbocycles. The lowest BCUT2D eigenvalue weighted by Crippen LogP contribution is -2.40. The molecule has 0 radical (unpaired) electrons. The Morgan fingerprint density at radius 1 is 1.33 bits per heavy atom. The highest BCUT2D eigenvalue weighted by molar-refractivity contribution is 7.99. The van der Waals surface area contributed by atoms with Crippen LogP contribution in [0.2, 0.25) is 5.02 Å². The number of fused-ring (bicyclic) bond motifs is 2. The molecule has 6 nitrogen and oxygen atoms in total. The Bertz CT molecular complexity index is 1040. The molecule has 1 unspecified atom stereocenters. The molecule has 4 rings (SSSR count). The fourth-order valence-corrected chi connectivity index (χ4v) is 4.11. The summed E-state index contributed by atoms with van der Waals surface area (Å²) in [7, 11) is 0. The maximum absolute atomic E-state index is 13.0. The van der Waals surface area contributed by atoms with Crippen molar-refractivity contribution in [1.82, 2.24) is 9.97 Å². The number of hydrogen-bond acceptors (Lipinski definition) is 4. The van der Waals surface area contributed by atoms with Gasteiger partial charge < -0.3 is 15.2 Å². The van der Waals surface area contributed by atoms with E-state index in [2.05, 4.69) is 15.3 Å². The Morgan fingerprint density at radius 3 is 3.00 bits per heavy atom. The minimum absolute atomic E-state index is 0.0741. The Balaban J connectivity index is 1.55. The summed E-state index contributed by atoms with van der Waals surface area (Å²) in [5.41, 5.74) is 3.01. The van der Waals surface area contributed by atoms with Crippen molar-refractivity contribution < 1.29 is 9.59 Å². The number of para-hydroxylation sites is 2. The first-order valence-corrected chi connectivity index (χ1v) is 9.86. The van der Waals surface area contributed by atoms with Crippen LogP contribution >= 0.6 is 23.4 Å². The van der Waals surface area contributed by atoms with Crippen molar-refractivity contribution >= 4 is 57.6 Å². The first kappa shape index (κ1) is 17.9. The number of H-pyrrole nitrogens is 1. The lowest BCUT2D eigenvalue weighted by Gasteiger charge is -2.27. The van der Waals surface area contributed by atoms with Crippen LogP contribution in [-0.4, -0.2) is 33.6 Å². The SMILES string of the molecule is CC1CC(=O)Nc2ccccc2N1C(=O)CSc1nc2ccc(Cl)cc2[nH]1. The summed E-state index contributed by atoms with van der Waals surface area (Å²) in [6.07, 6.45) is 0.258. The van der Waals surface area contributed by atoms with E-state index >= 15 is 0 Å². The van der Waals surface area contributed by atoms with E-state index in [9.17, 15) is 9.59 Å². The molecule has 3 aromatic rings. The number of amides is 2. The van der Waals surface area contributed by atoms with Crippen LogP contribution in [0, 0.1) is 0 Å². The largest absolute Gasteiger partial charge is 0.333 e. The molecule has 2 amide bonds. The zero-order valence-corrected chi connectivity index (χ0v) is 16.1.